The van der Waals surface area contributed by atoms with Gasteiger partial charge in [-0.1, -0.05) is 0 Å². The van der Waals surface area contributed by atoms with Crippen LogP contribution in [0.5, 0.6) is 0 Å². The number of alkyl halides is 1. The van der Waals surface area contributed by atoms with E-state index in [4.69, 9.17) is 13.9 Å². The monoisotopic (exact) mass is 430 g/mol. The Labute approximate surface area is 174 Å². The second kappa shape index (κ2) is 12.1. The highest BCUT2D eigenvalue weighted by molar-refractivity contribution is 6.70. The molecular weight excluding hydrogens is 395 g/mol. The van der Waals surface area contributed by atoms with Crippen molar-refractivity contribution >= 4 is 26.0 Å². The van der Waals surface area contributed by atoms with Crippen LogP contribution < -0.4 is 0 Å². The summed E-state index contributed by atoms with van der Waals surface area (Å²) in [5.74, 6) is -0.148. The molecule has 0 amide bonds. The number of ether oxygens (including phenoxy) is 2. The maximum absolute atomic E-state index is 12.9. The molecule has 0 saturated heterocycles. The van der Waals surface area contributed by atoms with Gasteiger partial charge in [0.05, 0.1) is 30.8 Å². The standard InChI is InChI=1S/C12H22O3Si.C9H13FO3/c1-5-14-12(13)10-6-8-11(9-7-10)15-16(2,3)4;1-2-13-9(12)6-3-4-8(11)7(10)5-6/h8,10H,5-7,9H2,1-4H3;6-7H,2-5H2,1H3. The molecule has 0 aromatic heterocycles. The predicted octanol–water partition coefficient (Wildman–Crippen LogP) is 4.34. The van der Waals surface area contributed by atoms with Gasteiger partial charge in [-0.05, 0) is 65.2 Å². The topological polar surface area (TPSA) is 78.9 Å². The lowest BCUT2D eigenvalue weighted by Gasteiger charge is -2.26. The van der Waals surface area contributed by atoms with Crippen molar-refractivity contribution in [1.82, 2.24) is 0 Å². The second-order valence-electron chi connectivity index (χ2n) is 8.27. The average molecular weight is 431 g/mol. The van der Waals surface area contributed by atoms with Crippen LogP contribution >= 0.6 is 0 Å². The van der Waals surface area contributed by atoms with Crippen molar-refractivity contribution < 1.29 is 32.7 Å². The van der Waals surface area contributed by atoms with Gasteiger partial charge >= 0.3 is 11.9 Å². The van der Waals surface area contributed by atoms with Crippen LogP contribution in [-0.4, -0.2) is 45.4 Å². The molecule has 0 heterocycles. The second-order valence-corrected chi connectivity index (χ2v) is 12.7. The number of carbonyl (C=O) groups excluding carboxylic acids is 3. The fourth-order valence-electron chi connectivity index (χ4n) is 3.22. The van der Waals surface area contributed by atoms with Crippen LogP contribution in [0.25, 0.3) is 0 Å². The molecule has 166 valence electrons. The molecule has 1 fully saturated rings. The summed E-state index contributed by atoms with van der Waals surface area (Å²) in [6, 6.07) is 0. The summed E-state index contributed by atoms with van der Waals surface area (Å²) in [6.07, 6.45) is 3.66. The summed E-state index contributed by atoms with van der Waals surface area (Å²) in [5, 5.41) is 0. The van der Waals surface area contributed by atoms with Crippen molar-refractivity contribution in [1.29, 1.82) is 0 Å². The first kappa shape index (κ1) is 25.3. The molecule has 2 rings (SSSR count). The van der Waals surface area contributed by atoms with Gasteiger partial charge in [-0.3, -0.25) is 14.4 Å². The van der Waals surface area contributed by atoms with Gasteiger partial charge in [-0.15, -0.1) is 0 Å². The molecule has 3 unspecified atom stereocenters. The summed E-state index contributed by atoms with van der Waals surface area (Å²) in [7, 11) is -1.49. The van der Waals surface area contributed by atoms with E-state index in [0.717, 1.165) is 25.0 Å². The number of ketones is 1. The molecule has 0 radical (unpaired) electrons. The van der Waals surface area contributed by atoms with Gasteiger partial charge in [0.1, 0.15) is 0 Å². The quantitative estimate of drug-likeness (QED) is 0.461. The molecule has 0 N–H and O–H groups in total. The van der Waals surface area contributed by atoms with Gasteiger partial charge in [0.2, 0.25) is 8.32 Å². The highest BCUT2D eigenvalue weighted by atomic mass is 28.4. The first-order valence-corrected chi connectivity index (χ1v) is 13.9. The van der Waals surface area contributed by atoms with Gasteiger partial charge in [0.25, 0.3) is 0 Å². The molecule has 1 saturated carbocycles. The van der Waals surface area contributed by atoms with Crippen LogP contribution in [0.15, 0.2) is 11.8 Å². The molecule has 0 aromatic rings. The van der Waals surface area contributed by atoms with Gasteiger partial charge in [0, 0.05) is 12.8 Å². The molecule has 8 heteroatoms. The Balaban J connectivity index is 0.000000296. The Morgan fingerprint density at radius 2 is 1.59 bits per heavy atom. The zero-order valence-electron chi connectivity index (χ0n) is 18.3. The summed E-state index contributed by atoms with van der Waals surface area (Å²) in [4.78, 5) is 33.4. The van der Waals surface area contributed by atoms with Crippen LogP contribution in [0, 0.1) is 11.8 Å². The van der Waals surface area contributed by atoms with Crippen molar-refractivity contribution in [2.75, 3.05) is 13.2 Å². The fraction of sp³-hybridized carbons (Fsp3) is 0.762. The van der Waals surface area contributed by atoms with E-state index in [0.29, 0.717) is 19.6 Å². The van der Waals surface area contributed by atoms with Crippen LogP contribution in [0.4, 0.5) is 4.39 Å². The van der Waals surface area contributed by atoms with E-state index in [2.05, 4.69) is 25.7 Å². The molecular formula is C21H35FO6Si. The fourth-order valence-corrected chi connectivity index (χ4v) is 4.19. The normalized spacial score (nSPS) is 24.6. The molecule has 0 aliphatic heterocycles. The van der Waals surface area contributed by atoms with Crippen LogP contribution in [0.2, 0.25) is 19.6 Å². The molecule has 0 aromatic carbocycles. The number of carbonyl (C=O) groups is 3. The molecule has 0 spiro atoms. The van der Waals surface area contributed by atoms with E-state index >= 15 is 0 Å². The lowest BCUT2D eigenvalue weighted by atomic mass is 9.87. The van der Waals surface area contributed by atoms with Crippen molar-refractivity contribution in [2.24, 2.45) is 11.8 Å². The third kappa shape index (κ3) is 9.56. The van der Waals surface area contributed by atoms with Crippen LogP contribution in [0.3, 0.4) is 0 Å². The molecule has 3 atom stereocenters. The first-order chi connectivity index (χ1) is 13.6. The smallest absolute Gasteiger partial charge is 0.309 e. The summed E-state index contributed by atoms with van der Waals surface area (Å²) >= 11 is 0. The lowest BCUT2D eigenvalue weighted by molar-refractivity contribution is -0.151. The minimum absolute atomic E-state index is 0.00231. The minimum Gasteiger partial charge on any atom is -0.548 e. The zero-order chi connectivity index (χ0) is 22.0. The number of halogens is 1. The number of allylic oxidation sites excluding steroid dienone is 2. The van der Waals surface area contributed by atoms with E-state index in [-0.39, 0.29) is 36.5 Å². The van der Waals surface area contributed by atoms with Gasteiger partial charge in [-0.2, -0.15) is 0 Å². The lowest BCUT2D eigenvalue weighted by Crippen LogP contribution is -2.31. The number of hydrogen-bond donors (Lipinski definition) is 0. The SMILES string of the molecule is CCOC(=O)C1CC=C(O[Si](C)(C)C)CC1.CCOC(=O)C1CCC(=O)C(F)C1. The number of esters is 2. The van der Waals surface area contributed by atoms with Gasteiger partial charge in [0.15, 0.2) is 12.0 Å². The molecule has 2 aliphatic carbocycles. The maximum Gasteiger partial charge on any atom is 0.309 e. The van der Waals surface area contributed by atoms with Crippen LogP contribution in [-0.2, 0) is 28.3 Å². The Kier molecular flexibility index (Phi) is 10.6. The van der Waals surface area contributed by atoms with Crippen molar-refractivity contribution in [3.8, 4) is 0 Å². The van der Waals surface area contributed by atoms with Crippen molar-refractivity contribution in [3.05, 3.63) is 11.8 Å². The van der Waals surface area contributed by atoms with E-state index < -0.39 is 20.4 Å². The van der Waals surface area contributed by atoms with E-state index in [1.165, 1.54) is 0 Å². The molecule has 0 bridgehead atoms. The minimum atomic E-state index is -1.49. The third-order valence-electron chi connectivity index (χ3n) is 4.63. The number of hydrogen-bond acceptors (Lipinski definition) is 6. The highest BCUT2D eigenvalue weighted by Crippen LogP contribution is 2.27. The van der Waals surface area contributed by atoms with E-state index in [1.807, 2.05) is 6.92 Å². The number of Topliss-reactive ketones (excluding diaryl/α,β-unsaturated/α-hetero) is 1. The number of rotatable bonds is 6. The Hall–Kier alpha value is -1.70. The van der Waals surface area contributed by atoms with Crippen molar-refractivity contribution in [2.45, 2.75) is 78.2 Å². The summed E-state index contributed by atoms with van der Waals surface area (Å²) in [6.45, 7) is 10.8. The first-order valence-electron chi connectivity index (χ1n) is 10.4. The Bertz CT molecular complexity index is 598. The zero-order valence-corrected chi connectivity index (χ0v) is 19.3. The maximum atomic E-state index is 12.9. The van der Waals surface area contributed by atoms with E-state index in [9.17, 15) is 18.8 Å². The summed E-state index contributed by atoms with van der Waals surface area (Å²) in [5.41, 5.74) is 0. The highest BCUT2D eigenvalue weighted by Gasteiger charge is 2.33. The van der Waals surface area contributed by atoms with E-state index in [1.54, 1.807) is 6.92 Å². The Morgan fingerprint density at radius 1 is 1.03 bits per heavy atom. The average Bonchev–Trinajstić information content (AvgIpc) is 2.64. The Morgan fingerprint density at radius 3 is 2.03 bits per heavy atom. The van der Waals surface area contributed by atoms with Crippen molar-refractivity contribution in [3.63, 3.8) is 0 Å². The molecule has 6 nitrogen and oxygen atoms in total. The molecule has 2 aliphatic rings. The largest absolute Gasteiger partial charge is 0.548 e. The van der Waals surface area contributed by atoms with Gasteiger partial charge in [-0.25, -0.2) is 4.39 Å². The summed E-state index contributed by atoms with van der Waals surface area (Å²) < 4.78 is 28.6. The van der Waals surface area contributed by atoms with Crippen LogP contribution in [0.1, 0.15) is 52.4 Å². The predicted molar refractivity (Wildman–Crippen MR) is 110 cm³/mol. The molecule has 29 heavy (non-hydrogen) atoms. The third-order valence-corrected chi connectivity index (χ3v) is 5.50. The van der Waals surface area contributed by atoms with Gasteiger partial charge < -0.3 is 13.9 Å².